The van der Waals surface area contributed by atoms with Crippen LogP contribution in [0.25, 0.3) is 0 Å². The Kier molecular flexibility index (Phi) is 6.76. The molecule has 0 fully saturated rings. The first-order chi connectivity index (χ1) is 13.2. The number of esters is 1. The number of halogens is 1. The Labute approximate surface area is 167 Å². The van der Waals surface area contributed by atoms with Crippen LogP contribution in [0.1, 0.15) is 17.3 Å². The standard InChI is InChI=1S/C18H17ClN2O6S/c1-3-11-20(14-7-10-17(19)16(12-14)18(22)27-4-2)28(25,26)15-8-5-13(6-9-15)21(23)24/h3,5-10,12H,1,4,11H2,2H3. The van der Waals surface area contributed by atoms with Crippen molar-refractivity contribution in [1.82, 2.24) is 0 Å². The fourth-order valence-electron chi connectivity index (χ4n) is 2.36. The largest absolute Gasteiger partial charge is 0.462 e. The van der Waals surface area contributed by atoms with Crippen LogP contribution in [0.4, 0.5) is 11.4 Å². The number of hydrogen-bond donors (Lipinski definition) is 0. The van der Waals surface area contributed by atoms with Crippen molar-refractivity contribution >= 4 is 39.0 Å². The van der Waals surface area contributed by atoms with Gasteiger partial charge in [-0.05, 0) is 37.3 Å². The quantitative estimate of drug-likeness (QED) is 0.276. The molecule has 0 aliphatic heterocycles. The minimum atomic E-state index is -4.08. The third kappa shape index (κ3) is 4.49. The van der Waals surface area contributed by atoms with E-state index in [4.69, 9.17) is 16.3 Å². The van der Waals surface area contributed by atoms with Crippen LogP contribution in [0.3, 0.4) is 0 Å². The maximum atomic E-state index is 13.1. The molecule has 148 valence electrons. The Morgan fingerprint density at radius 2 is 1.93 bits per heavy atom. The first-order valence-corrected chi connectivity index (χ1v) is 9.89. The first kappa shape index (κ1) is 21.4. The van der Waals surface area contributed by atoms with Crippen LogP contribution < -0.4 is 4.31 Å². The number of benzene rings is 2. The summed E-state index contributed by atoms with van der Waals surface area (Å²) >= 11 is 6.03. The number of nitro benzene ring substituents is 1. The highest BCUT2D eigenvalue weighted by molar-refractivity contribution is 7.92. The van der Waals surface area contributed by atoms with Gasteiger partial charge in [0.2, 0.25) is 0 Å². The summed E-state index contributed by atoms with van der Waals surface area (Å²) in [6.07, 6.45) is 1.38. The molecule has 0 unspecified atom stereocenters. The van der Waals surface area contributed by atoms with E-state index < -0.39 is 20.9 Å². The molecule has 0 N–H and O–H groups in total. The monoisotopic (exact) mass is 424 g/mol. The Bertz CT molecular complexity index is 1010. The maximum Gasteiger partial charge on any atom is 0.339 e. The molecule has 10 heteroatoms. The van der Waals surface area contributed by atoms with Crippen molar-refractivity contribution in [2.24, 2.45) is 0 Å². The first-order valence-electron chi connectivity index (χ1n) is 8.07. The zero-order valence-corrected chi connectivity index (χ0v) is 16.4. The predicted octanol–water partition coefficient (Wildman–Crippen LogP) is 3.81. The van der Waals surface area contributed by atoms with Crippen LogP contribution in [0, 0.1) is 10.1 Å². The molecule has 0 saturated heterocycles. The molecule has 2 rings (SSSR count). The normalized spacial score (nSPS) is 10.9. The second kappa shape index (κ2) is 8.85. The van der Waals surface area contributed by atoms with E-state index in [2.05, 4.69) is 6.58 Å². The van der Waals surface area contributed by atoms with E-state index in [0.717, 1.165) is 28.6 Å². The molecule has 0 aromatic heterocycles. The van der Waals surface area contributed by atoms with Gasteiger partial charge in [-0.2, -0.15) is 0 Å². The number of sulfonamides is 1. The summed E-state index contributed by atoms with van der Waals surface area (Å²) in [5, 5.41) is 10.9. The number of carbonyl (C=O) groups excluding carboxylic acids is 1. The number of anilines is 1. The summed E-state index contributed by atoms with van der Waals surface area (Å²) in [5.74, 6) is -0.680. The van der Waals surface area contributed by atoms with E-state index in [1.54, 1.807) is 6.92 Å². The number of non-ortho nitro benzene ring substituents is 1. The Balaban J connectivity index is 2.52. The Morgan fingerprint density at radius 1 is 1.29 bits per heavy atom. The van der Waals surface area contributed by atoms with Crippen molar-refractivity contribution in [3.05, 3.63) is 75.8 Å². The highest BCUT2D eigenvalue weighted by Crippen LogP contribution is 2.29. The summed E-state index contributed by atoms with van der Waals surface area (Å²) in [7, 11) is -4.08. The van der Waals surface area contributed by atoms with Gasteiger partial charge in [-0.25, -0.2) is 13.2 Å². The molecule has 0 bridgehead atoms. The number of nitro groups is 1. The Morgan fingerprint density at radius 3 is 2.46 bits per heavy atom. The molecular weight excluding hydrogens is 408 g/mol. The smallest absolute Gasteiger partial charge is 0.339 e. The highest BCUT2D eigenvalue weighted by Gasteiger charge is 2.26. The van der Waals surface area contributed by atoms with Crippen molar-refractivity contribution in [2.75, 3.05) is 17.5 Å². The molecule has 0 aliphatic carbocycles. The van der Waals surface area contributed by atoms with Crippen LogP contribution in [-0.2, 0) is 14.8 Å². The summed E-state index contributed by atoms with van der Waals surface area (Å²) in [6.45, 7) is 5.24. The van der Waals surface area contributed by atoms with Gasteiger partial charge in [0.15, 0.2) is 0 Å². The Hall–Kier alpha value is -2.91. The van der Waals surface area contributed by atoms with E-state index in [1.807, 2.05) is 0 Å². The fraction of sp³-hybridized carbons (Fsp3) is 0.167. The number of carbonyl (C=O) groups is 1. The van der Waals surface area contributed by atoms with E-state index in [1.165, 1.54) is 24.3 Å². The lowest BCUT2D eigenvalue weighted by Crippen LogP contribution is -2.31. The van der Waals surface area contributed by atoms with Crippen molar-refractivity contribution in [2.45, 2.75) is 11.8 Å². The van der Waals surface area contributed by atoms with Gasteiger partial charge in [-0.15, -0.1) is 6.58 Å². The van der Waals surface area contributed by atoms with Crippen LogP contribution >= 0.6 is 11.6 Å². The topological polar surface area (TPSA) is 107 Å². The molecule has 0 saturated carbocycles. The van der Waals surface area contributed by atoms with Gasteiger partial charge in [0.1, 0.15) is 0 Å². The lowest BCUT2D eigenvalue weighted by Gasteiger charge is -2.23. The van der Waals surface area contributed by atoms with Gasteiger partial charge in [0.25, 0.3) is 15.7 Å². The second-order valence-corrected chi connectivity index (χ2v) is 7.73. The van der Waals surface area contributed by atoms with Crippen molar-refractivity contribution in [3.63, 3.8) is 0 Å². The van der Waals surface area contributed by atoms with E-state index in [9.17, 15) is 23.3 Å². The molecule has 0 heterocycles. The molecule has 2 aromatic carbocycles. The van der Waals surface area contributed by atoms with Crippen LogP contribution in [0.15, 0.2) is 60.0 Å². The molecule has 0 spiro atoms. The third-order valence-corrected chi connectivity index (χ3v) is 5.80. The highest BCUT2D eigenvalue weighted by atomic mass is 35.5. The molecule has 0 radical (unpaired) electrons. The minimum Gasteiger partial charge on any atom is -0.462 e. The lowest BCUT2D eigenvalue weighted by atomic mass is 10.2. The summed E-state index contributed by atoms with van der Waals surface area (Å²) in [6, 6.07) is 8.64. The molecule has 8 nitrogen and oxygen atoms in total. The number of nitrogens with zero attached hydrogens (tertiary/aromatic N) is 2. The lowest BCUT2D eigenvalue weighted by molar-refractivity contribution is -0.384. The predicted molar refractivity (Wildman–Crippen MR) is 105 cm³/mol. The van der Waals surface area contributed by atoms with Crippen molar-refractivity contribution in [3.8, 4) is 0 Å². The van der Waals surface area contributed by atoms with Crippen LogP contribution in [0.2, 0.25) is 5.02 Å². The summed E-state index contributed by atoms with van der Waals surface area (Å²) < 4.78 is 32.1. The number of ether oxygens (including phenoxy) is 1. The SMILES string of the molecule is C=CCN(c1ccc(Cl)c(C(=O)OCC)c1)S(=O)(=O)c1ccc([N+](=O)[O-])cc1. The molecule has 0 atom stereocenters. The van der Waals surface area contributed by atoms with Gasteiger partial charge in [-0.3, -0.25) is 14.4 Å². The fourth-order valence-corrected chi connectivity index (χ4v) is 3.98. The molecule has 28 heavy (non-hydrogen) atoms. The number of rotatable bonds is 8. The van der Waals surface area contributed by atoms with Crippen LogP contribution in [0.5, 0.6) is 0 Å². The van der Waals surface area contributed by atoms with E-state index >= 15 is 0 Å². The van der Waals surface area contributed by atoms with Gasteiger partial charge in [0, 0.05) is 12.1 Å². The zero-order valence-electron chi connectivity index (χ0n) is 14.9. The average Bonchev–Trinajstić information content (AvgIpc) is 2.66. The molecule has 0 aliphatic rings. The maximum absolute atomic E-state index is 13.1. The van der Waals surface area contributed by atoms with E-state index in [0.29, 0.717) is 0 Å². The molecular formula is C18H17ClN2O6S. The summed E-state index contributed by atoms with van der Waals surface area (Å²) in [4.78, 5) is 22.1. The zero-order chi connectivity index (χ0) is 20.9. The van der Waals surface area contributed by atoms with Crippen LogP contribution in [-0.4, -0.2) is 32.5 Å². The van der Waals surface area contributed by atoms with Gasteiger partial charge < -0.3 is 4.74 Å². The van der Waals surface area contributed by atoms with Gasteiger partial charge >= 0.3 is 5.97 Å². The van der Waals surface area contributed by atoms with Gasteiger partial charge in [-0.1, -0.05) is 17.7 Å². The van der Waals surface area contributed by atoms with Crippen molar-refractivity contribution < 1.29 is 22.9 Å². The second-order valence-electron chi connectivity index (χ2n) is 5.46. The van der Waals surface area contributed by atoms with Gasteiger partial charge in [0.05, 0.1) is 39.2 Å². The van der Waals surface area contributed by atoms with E-state index in [-0.39, 0.29) is 40.0 Å². The minimum absolute atomic E-state index is 0.0222. The third-order valence-electron chi connectivity index (χ3n) is 3.66. The summed E-state index contributed by atoms with van der Waals surface area (Å²) in [5.41, 5.74) is -0.0370. The number of hydrogen-bond acceptors (Lipinski definition) is 6. The molecule has 0 amide bonds. The average molecular weight is 425 g/mol. The molecule has 2 aromatic rings. The van der Waals surface area contributed by atoms with Crippen molar-refractivity contribution in [1.29, 1.82) is 0 Å².